The van der Waals surface area contributed by atoms with Gasteiger partial charge in [0.1, 0.15) is 5.38 Å². The molecule has 0 heterocycles. The van der Waals surface area contributed by atoms with Gasteiger partial charge in [-0.1, -0.05) is 11.6 Å². The molecule has 1 rings (SSSR count). The van der Waals surface area contributed by atoms with Crippen LogP contribution in [0.25, 0.3) is 0 Å². The van der Waals surface area contributed by atoms with Crippen LogP contribution in [0.15, 0.2) is 24.3 Å². The van der Waals surface area contributed by atoms with E-state index in [1.807, 2.05) is 0 Å². The fraction of sp³-hybridized carbons (Fsp3) is 0.222. The maximum atomic E-state index is 11.4. The molecule has 0 aromatic heterocycles. The zero-order valence-electron chi connectivity index (χ0n) is 6.64. The second-order valence-electron chi connectivity index (χ2n) is 2.49. The summed E-state index contributed by atoms with van der Waals surface area (Å²) in [6.07, 6.45) is 0. The Kier molecular flexibility index (Phi) is 4.04. The molecule has 0 saturated carbocycles. The highest BCUT2D eigenvalue weighted by atomic mass is 35.5. The van der Waals surface area contributed by atoms with Gasteiger partial charge in [-0.05, 0) is 24.3 Å². The fourth-order valence-corrected chi connectivity index (χ4v) is 1.26. The van der Waals surface area contributed by atoms with Crippen molar-refractivity contribution in [2.75, 3.05) is 5.88 Å². The predicted octanol–water partition coefficient (Wildman–Crippen LogP) is 3.37. The van der Waals surface area contributed by atoms with E-state index in [1.165, 1.54) is 0 Å². The third-order valence-electron chi connectivity index (χ3n) is 1.55. The van der Waals surface area contributed by atoms with Crippen LogP contribution in [0.1, 0.15) is 10.4 Å². The molecule has 70 valence electrons. The molecule has 13 heavy (non-hydrogen) atoms. The zero-order chi connectivity index (χ0) is 9.84. The van der Waals surface area contributed by atoms with E-state index in [2.05, 4.69) is 0 Å². The summed E-state index contributed by atoms with van der Waals surface area (Å²) < 4.78 is 0. The summed E-state index contributed by atoms with van der Waals surface area (Å²) in [7, 11) is 0. The van der Waals surface area contributed by atoms with E-state index < -0.39 is 5.38 Å². The first-order valence-electron chi connectivity index (χ1n) is 3.65. The maximum Gasteiger partial charge on any atom is 0.181 e. The second-order valence-corrected chi connectivity index (χ2v) is 3.76. The third-order valence-corrected chi connectivity index (χ3v) is 2.62. The van der Waals surface area contributed by atoms with E-state index in [4.69, 9.17) is 34.8 Å². The van der Waals surface area contributed by atoms with Gasteiger partial charge < -0.3 is 0 Å². The number of hydrogen-bond donors (Lipinski definition) is 0. The number of carbonyl (C=O) groups is 1. The summed E-state index contributed by atoms with van der Waals surface area (Å²) in [5.74, 6) is -0.0587. The molecule has 0 spiro atoms. The molecule has 1 unspecified atom stereocenters. The van der Waals surface area contributed by atoms with Crippen molar-refractivity contribution in [1.29, 1.82) is 0 Å². The molecule has 0 aliphatic carbocycles. The molecule has 1 aromatic rings. The molecule has 0 fully saturated rings. The van der Waals surface area contributed by atoms with Gasteiger partial charge in [0.2, 0.25) is 0 Å². The number of benzene rings is 1. The largest absolute Gasteiger partial charge is 0.292 e. The van der Waals surface area contributed by atoms with Crippen molar-refractivity contribution in [3.63, 3.8) is 0 Å². The Morgan fingerprint density at radius 2 is 1.85 bits per heavy atom. The van der Waals surface area contributed by atoms with Crippen molar-refractivity contribution in [2.45, 2.75) is 5.38 Å². The van der Waals surface area contributed by atoms with E-state index >= 15 is 0 Å². The van der Waals surface area contributed by atoms with Crippen molar-refractivity contribution in [1.82, 2.24) is 0 Å². The lowest BCUT2D eigenvalue weighted by Crippen LogP contribution is -2.15. The molecule has 1 nitrogen and oxygen atoms in total. The van der Waals surface area contributed by atoms with Gasteiger partial charge >= 0.3 is 0 Å². The molecule has 0 aliphatic rings. The first kappa shape index (κ1) is 10.8. The van der Waals surface area contributed by atoms with Gasteiger partial charge in [0.25, 0.3) is 0 Å². The van der Waals surface area contributed by atoms with E-state index in [0.29, 0.717) is 10.6 Å². The Labute approximate surface area is 91.6 Å². The van der Waals surface area contributed by atoms with Gasteiger partial charge in [-0.2, -0.15) is 0 Å². The number of alkyl halides is 2. The highest BCUT2D eigenvalue weighted by molar-refractivity contribution is 6.38. The van der Waals surface area contributed by atoms with Gasteiger partial charge in [0.15, 0.2) is 5.78 Å². The Bertz CT molecular complexity index is 294. The monoisotopic (exact) mass is 236 g/mol. The minimum atomic E-state index is -0.664. The predicted molar refractivity (Wildman–Crippen MR) is 56.1 cm³/mol. The van der Waals surface area contributed by atoms with Gasteiger partial charge in [-0.15, -0.1) is 23.2 Å². The minimum Gasteiger partial charge on any atom is -0.292 e. The third kappa shape index (κ3) is 2.87. The lowest BCUT2D eigenvalue weighted by Gasteiger charge is -2.03. The number of hydrogen-bond acceptors (Lipinski definition) is 1. The van der Waals surface area contributed by atoms with Crippen LogP contribution >= 0.6 is 34.8 Å². The topological polar surface area (TPSA) is 17.1 Å². The van der Waals surface area contributed by atoms with Crippen molar-refractivity contribution >= 4 is 40.6 Å². The lowest BCUT2D eigenvalue weighted by atomic mass is 10.1. The summed E-state index contributed by atoms with van der Waals surface area (Å²) >= 11 is 16.8. The average molecular weight is 238 g/mol. The van der Waals surface area contributed by atoms with Crippen LogP contribution in [0.4, 0.5) is 0 Å². The van der Waals surface area contributed by atoms with Crippen LogP contribution in [-0.2, 0) is 0 Å². The quantitative estimate of drug-likeness (QED) is 0.582. The molecule has 1 atom stereocenters. The fourth-order valence-electron chi connectivity index (χ4n) is 0.865. The number of rotatable bonds is 3. The van der Waals surface area contributed by atoms with Gasteiger partial charge in [0.05, 0.1) is 0 Å². The van der Waals surface area contributed by atoms with Crippen molar-refractivity contribution in [3.05, 3.63) is 34.9 Å². The SMILES string of the molecule is O=C(c1ccc(Cl)cc1)C(Cl)CCl. The van der Waals surface area contributed by atoms with E-state index in [-0.39, 0.29) is 11.7 Å². The second kappa shape index (κ2) is 4.85. The maximum absolute atomic E-state index is 11.4. The van der Waals surface area contributed by atoms with Crippen molar-refractivity contribution < 1.29 is 4.79 Å². The number of Topliss-reactive ketones (excluding diaryl/α,β-unsaturated/α-hetero) is 1. The number of ketones is 1. The number of halogens is 3. The highest BCUT2D eigenvalue weighted by Gasteiger charge is 2.15. The van der Waals surface area contributed by atoms with Gasteiger partial charge in [-0.25, -0.2) is 0 Å². The summed E-state index contributed by atoms with van der Waals surface area (Å²) in [5.41, 5.74) is 0.532. The van der Waals surface area contributed by atoms with E-state index in [9.17, 15) is 4.79 Å². The van der Waals surface area contributed by atoms with Crippen LogP contribution in [-0.4, -0.2) is 17.0 Å². The molecular formula is C9H7Cl3O. The summed E-state index contributed by atoms with van der Waals surface area (Å²) in [6.45, 7) is 0. The molecule has 0 aliphatic heterocycles. The van der Waals surface area contributed by atoms with Crippen LogP contribution in [0.5, 0.6) is 0 Å². The molecule has 4 heteroatoms. The molecule has 1 aromatic carbocycles. The average Bonchev–Trinajstić information content (AvgIpc) is 2.17. The first-order chi connectivity index (χ1) is 6.15. The molecule has 0 amide bonds. The Balaban J connectivity index is 2.83. The zero-order valence-corrected chi connectivity index (χ0v) is 8.90. The van der Waals surface area contributed by atoms with Gasteiger partial charge in [0, 0.05) is 16.5 Å². The number of carbonyl (C=O) groups excluding carboxylic acids is 1. The van der Waals surface area contributed by atoms with Crippen molar-refractivity contribution in [2.24, 2.45) is 0 Å². The normalized spacial score (nSPS) is 12.5. The Morgan fingerprint density at radius 3 is 2.31 bits per heavy atom. The molecule has 0 N–H and O–H groups in total. The van der Waals surface area contributed by atoms with E-state index in [1.54, 1.807) is 24.3 Å². The molecule has 0 bridgehead atoms. The summed E-state index contributed by atoms with van der Waals surface area (Å²) in [4.78, 5) is 11.4. The minimum absolute atomic E-state index is 0.114. The molecule has 0 radical (unpaired) electrons. The van der Waals surface area contributed by atoms with E-state index in [0.717, 1.165) is 0 Å². The molecule has 0 saturated heterocycles. The highest BCUT2D eigenvalue weighted by Crippen LogP contribution is 2.13. The first-order valence-corrected chi connectivity index (χ1v) is 5.00. The lowest BCUT2D eigenvalue weighted by molar-refractivity contribution is 0.0993. The Hall–Kier alpha value is -0.240. The van der Waals surface area contributed by atoms with Crippen LogP contribution in [0.3, 0.4) is 0 Å². The smallest absolute Gasteiger partial charge is 0.181 e. The van der Waals surface area contributed by atoms with Crippen molar-refractivity contribution in [3.8, 4) is 0 Å². The summed E-state index contributed by atoms with van der Waals surface area (Å²) in [6, 6.07) is 6.55. The summed E-state index contributed by atoms with van der Waals surface area (Å²) in [5, 5.41) is -0.0728. The Morgan fingerprint density at radius 1 is 1.31 bits per heavy atom. The van der Waals surface area contributed by atoms with Crippen LogP contribution in [0, 0.1) is 0 Å². The molecular weight excluding hydrogens is 230 g/mol. The standard InChI is InChI=1S/C9H7Cl3O/c10-5-8(12)9(13)6-1-3-7(11)4-2-6/h1-4,8H,5H2. The van der Waals surface area contributed by atoms with Crippen LogP contribution < -0.4 is 0 Å². The van der Waals surface area contributed by atoms with Crippen LogP contribution in [0.2, 0.25) is 5.02 Å². The van der Waals surface area contributed by atoms with Gasteiger partial charge in [-0.3, -0.25) is 4.79 Å².